The SMILES string of the molecule is c1ccc(-c2cc(-c3ccc4c5ccccc5c5ccccc5c4c3)nc(-c3ccc(-c4cccc(-c5nc6ccccc6c6c5oc5ccccc56)c4)cc3)n2)cc1. The third-order valence-electron chi connectivity index (χ3n) is 11.7. The zero-order valence-corrected chi connectivity index (χ0v) is 31.8. The lowest BCUT2D eigenvalue weighted by molar-refractivity contribution is 0.669. The largest absolute Gasteiger partial charge is 0.454 e. The van der Waals surface area contributed by atoms with E-state index < -0.39 is 0 Å². The van der Waals surface area contributed by atoms with Crippen LogP contribution >= 0.6 is 0 Å². The van der Waals surface area contributed by atoms with Crippen LogP contribution in [0, 0.1) is 0 Å². The highest BCUT2D eigenvalue weighted by Gasteiger charge is 2.19. The Labute approximate surface area is 339 Å². The molecule has 0 aliphatic carbocycles. The minimum Gasteiger partial charge on any atom is -0.454 e. The quantitative estimate of drug-likeness (QED) is 0.164. The molecule has 4 heteroatoms. The normalized spacial score (nSPS) is 11.7. The smallest absolute Gasteiger partial charge is 0.162 e. The zero-order chi connectivity index (χ0) is 38.9. The Morgan fingerprint density at radius 3 is 1.59 bits per heavy atom. The lowest BCUT2D eigenvalue weighted by atomic mass is 9.92. The number of rotatable bonds is 5. The lowest BCUT2D eigenvalue weighted by Crippen LogP contribution is -1.96. The van der Waals surface area contributed by atoms with E-state index in [1.165, 1.54) is 32.3 Å². The van der Waals surface area contributed by atoms with Gasteiger partial charge in [0.1, 0.15) is 11.3 Å². The van der Waals surface area contributed by atoms with Gasteiger partial charge in [-0.2, -0.15) is 0 Å². The molecule has 0 radical (unpaired) electrons. The number of fused-ring (bicyclic) bond motifs is 11. The number of nitrogens with zero attached hydrogens (tertiary/aromatic N) is 3. The topological polar surface area (TPSA) is 51.8 Å². The highest BCUT2D eigenvalue weighted by Crippen LogP contribution is 2.41. The van der Waals surface area contributed by atoms with Crippen molar-refractivity contribution in [3.05, 3.63) is 200 Å². The Hall–Kier alpha value is -7.95. The Morgan fingerprint density at radius 1 is 0.305 bits per heavy atom. The van der Waals surface area contributed by atoms with Gasteiger partial charge in [0.2, 0.25) is 0 Å². The van der Waals surface area contributed by atoms with Crippen LogP contribution in [0.1, 0.15) is 0 Å². The first-order chi connectivity index (χ1) is 29.2. The Kier molecular flexibility index (Phi) is 7.50. The number of benzene rings is 9. The molecule has 274 valence electrons. The summed E-state index contributed by atoms with van der Waals surface area (Å²) in [7, 11) is 0. The van der Waals surface area contributed by atoms with Crippen molar-refractivity contribution >= 4 is 65.2 Å². The molecule has 0 fully saturated rings. The second-order valence-corrected chi connectivity index (χ2v) is 15.1. The van der Waals surface area contributed by atoms with E-state index in [9.17, 15) is 0 Å². The van der Waals surface area contributed by atoms with Crippen molar-refractivity contribution in [2.45, 2.75) is 0 Å². The molecule has 0 unspecified atom stereocenters. The summed E-state index contributed by atoms with van der Waals surface area (Å²) < 4.78 is 6.52. The average molecular weight is 752 g/mol. The van der Waals surface area contributed by atoms with Crippen LogP contribution in [0.25, 0.3) is 121 Å². The van der Waals surface area contributed by atoms with Crippen molar-refractivity contribution in [2.24, 2.45) is 0 Å². The van der Waals surface area contributed by atoms with Crippen LogP contribution in [0.5, 0.6) is 0 Å². The van der Waals surface area contributed by atoms with Gasteiger partial charge >= 0.3 is 0 Å². The summed E-state index contributed by atoms with van der Waals surface area (Å²) in [6.45, 7) is 0. The van der Waals surface area contributed by atoms with E-state index in [1.807, 2.05) is 24.3 Å². The van der Waals surface area contributed by atoms with Crippen LogP contribution in [0.3, 0.4) is 0 Å². The van der Waals surface area contributed by atoms with Crippen molar-refractivity contribution in [3.63, 3.8) is 0 Å². The predicted molar refractivity (Wildman–Crippen MR) is 244 cm³/mol. The number of hydrogen-bond donors (Lipinski definition) is 0. The second kappa shape index (κ2) is 13.3. The van der Waals surface area contributed by atoms with E-state index in [2.05, 4.69) is 176 Å². The van der Waals surface area contributed by atoms with Gasteiger partial charge in [-0.25, -0.2) is 15.0 Å². The minimum absolute atomic E-state index is 0.678. The highest BCUT2D eigenvalue weighted by atomic mass is 16.3. The first kappa shape index (κ1) is 33.2. The number of hydrogen-bond acceptors (Lipinski definition) is 4. The molecule has 9 aromatic carbocycles. The minimum atomic E-state index is 0.678. The van der Waals surface area contributed by atoms with Gasteiger partial charge in [0.25, 0.3) is 0 Å². The summed E-state index contributed by atoms with van der Waals surface area (Å²) >= 11 is 0. The van der Waals surface area contributed by atoms with E-state index in [1.54, 1.807) is 0 Å². The zero-order valence-electron chi connectivity index (χ0n) is 31.8. The summed E-state index contributed by atoms with van der Waals surface area (Å²) in [5, 5.41) is 10.7. The fourth-order valence-electron chi connectivity index (χ4n) is 8.83. The van der Waals surface area contributed by atoms with Crippen molar-refractivity contribution in [2.75, 3.05) is 0 Å². The molecule has 0 amide bonds. The molecular weight excluding hydrogens is 719 g/mol. The molecule has 0 aliphatic rings. The molecule has 4 nitrogen and oxygen atoms in total. The van der Waals surface area contributed by atoms with Gasteiger partial charge in [-0.1, -0.05) is 170 Å². The number of furan rings is 1. The van der Waals surface area contributed by atoms with Crippen molar-refractivity contribution < 1.29 is 4.42 Å². The molecule has 0 saturated heterocycles. The molecule has 3 heterocycles. The summed E-state index contributed by atoms with van der Waals surface area (Å²) in [5.74, 6) is 0.678. The molecule has 12 aromatic rings. The van der Waals surface area contributed by atoms with Crippen LogP contribution in [-0.2, 0) is 0 Å². The molecule has 0 aliphatic heterocycles. The van der Waals surface area contributed by atoms with Crippen LogP contribution in [-0.4, -0.2) is 15.0 Å². The fourth-order valence-corrected chi connectivity index (χ4v) is 8.83. The van der Waals surface area contributed by atoms with Gasteiger partial charge in [-0.05, 0) is 73.8 Å². The first-order valence-corrected chi connectivity index (χ1v) is 19.9. The van der Waals surface area contributed by atoms with E-state index >= 15 is 0 Å². The van der Waals surface area contributed by atoms with Gasteiger partial charge in [-0.3, -0.25) is 0 Å². The fraction of sp³-hybridized carbons (Fsp3) is 0. The monoisotopic (exact) mass is 751 g/mol. The maximum atomic E-state index is 6.52. The van der Waals surface area contributed by atoms with Crippen LogP contribution in [0.4, 0.5) is 0 Å². The Balaban J connectivity index is 0.960. The molecule has 0 spiro atoms. The maximum Gasteiger partial charge on any atom is 0.162 e. The molecule has 0 N–H and O–H groups in total. The summed E-state index contributed by atoms with van der Waals surface area (Å²) in [6, 6.07) is 70.3. The first-order valence-electron chi connectivity index (χ1n) is 19.9. The molecule has 0 bridgehead atoms. The third kappa shape index (κ3) is 5.49. The molecular formula is C55H33N3O. The van der Waals surface area contributed by atoms with Gasteiger partial charge in [0, 0.05) is 38.4 Å². The Morgan fingerprint density at radius 2 is 0.847 bits per heavy atom. The maximum absolute atomic E-state index is 6.52. The van der Waals surface area contributed by atoms with Crippen LogP contribution in [0.2, 0.25) is 0 Å². The van der Waals surface area contributed by atoms with E-state index in [-0.39, 0.29) is 0 Å². The van der Waals surface area contributed by atoms with Crippen molar-refractivity contribution in [1.29, 1.82) is 0 Å². The lowest BCUT2D eigenvalue weighted by Gasteiger charge is -2.13. The van der Waals surface area contributed by atoms with Gasteiger partial charge in [0.15, 0.2) is 11.4 Å². The second-order valence-electron chi connectivity index (χ2n) is 15.1. The van der Waals surface area contributed by atoms with E-state index in [0.717, 1.165) is 83.3 Å². The van der Waals surface area contributed by atoms with Gasteiger partial charge in [-0.15, -0.1) is 0 Å². The van der Waals surface area contributed by atoms with Gasteiger partial charge < -0.3 is 4.42 Å². The number of para-hydroxylation sites is 2. The molecule has 0 saturated carbocycles. The third-order valence-corrected chi connectivity index (χ3v) is 11.7. The summed E-state index contributed by atoms with van der Waals surface area (Å²) in [5.41, 5.74) is 11.4. The number of aromatic nitrogens is 3. The highest BCUT2D eigenvalue weighted by molar-refractivity contribution is 6.26. The van der Waals surface area contributed by atoms with Gasteiger partial charge in [0.05, 0.1) is 16.9 Å². The molecule has 12 rings (SSSR count). The standard InChI is InChI=1S/C55H33N3O/c1-2-13-35(14-3-1)49-33-50(38-29-30-44-42-19-5-4-17-40(42)41-18-6-7-20-43(41)47(44)32-38)58-55(57-49)36-27-25-34(26-28-36)37-15-12-16-39(31-37)53-54-52(45-21-8-10-23-48(45)56-53)46-22-9-11-24-51(46)59-54/h1-33H. The average Bonchev–Trinajstić information content (AvgIpc) is 3.72. The van der Waals surface area contributed by atoms with E-state index in [4.69, 9.17) is 19.4 Å². The van der Waals surface area contributed by atoms with Crippen LogP contribution < -0.4 is 0 Å². The van der Waals surface area contributed by atoms with Crippen LogP contribution in [0.15, 0.2) is 205 Å². The summed E-state index contributed by atoms with van der Waals surface area (Å²) in [4.78, 5) is 15.6. The van der Waals surface area contributed by atoms with Crippen molar-refractivity contribution in [1.82, 2.24) is 15.0 Å². The molecule has 59 heavy (non-hydrogen) atoms. The Bertz CT molecular complexity index is 3570. The predicted octanol–water partition coefficient (Wildman–Crippen LogP) is 14.7. The summed E-state index contributed by atoms with van der Waals surface area (Å²) in [6.07, 6.45) is 0. The molecule has 0 atom stereocenters. The molecule has 3 aromatic heterocycles. The number of pyridine rings is 1. The van der Waals surface area contributed by atoms with E-state index in [0.29, 0.717) is 5.82 Å². The van der Waals surface area contributed by atoms with Crippen molar-refractivity contribution in [3.8, 4) is 56.3 Å².